The maximum atomic E-state index is 13.4. The van der Waals surface area contributed by atoms with E-state index in [-0.39, 0.29) is 11.7 Å². The van der Waals surface area contributed by atoms with Crippen molar-refractivity contribution in [1.29, 1.82) is 0 Å². The molecular weight excluding hydrogens is 231 g/mol. The molecule has 1 heterocycles. The van der Waals surface area contributed by atoms with E-state index >= 15 is 0 Å². The molecule has 0 aliphatic carbocycles. The van der Waals surface area contributed by atoms with Gasteiger partial charge in [-0.05, 0) is 19.3 Å². The third-order valence-corrected chi connectivity index (χ3v) is 2.81. The van der Waals surface area contributed by atoms with Gasteiger partial charge in [-0.1, -0.05) is 0 Å². The van der Waals surface area contributed by atoms with Crippen LogP contribution in [0.15, 0.2) is 12.1 Å². The highest BCUT2D eigenvalue weighted by atomic mass is 19.1. The van der Waals surface area contributed by atoms with Crippen LogP contribution in [0.4, 0.5) is 18.9 Å². The Labute approximate surface area is 97.8 Å². The van der Waals surface area contributed by atoms with Crippen LogP contribution >= 0.6 is 0 Å². The molecule has 1 unspecified atom stereocenters. The van der Waals surface area contributed by atoms with E-state index in [1.807, 2.05) is 0 Å². The molecule has 1 saturated heterocycles. The number of nitrogens with one attached hydrogen (secondary N) is 1. The first-order valence-corrected chi connectivity index (χ1v) is 5.65. The fourth-order valence-corrected chi connectivity index (χ4v) is 1.93. The van der Waals surface area contributed by atoms with Gasteiger partial charge in [0.1, 0.15) is 11.5 Å². The highest BCUT2D eigenvalue weighted by molar-refractivity contribution is 5.47. The fraction of sp³-hybridized carbons (Fsp3) is 0.500. The standard InChI is InChI=1S/C12H14F3NO/c13-8-6-10(14)12(11(15)7-8)16-9-2-1-4-17-5-3-9/h6-7,9,16H,1-5H2. The number of benzene rings is 1. The highest BCUT2D eigenvalue weighted by Crippen LogP contribution is 2.23. The van der Waals surface area contributed by atoms with Crippen molar-refractivity contribution in [2.24, 2.45) is 0 Å². The largest absolute Gasteiger partial charge is 0.381 e. The zero-order valence-electron chi connectivity index (χ0n) is 9.31. The first-order valence-electron chi connectivity index (χ1n) is 5.65. The molecule has 2 rings (SSSR count). The minimum Gasteiger partial charge on any atom is -0.381 e. The Morgan fingerprint density at radius 2 is 1.76 bits per heavy atom. The molecular formula is C12H14F3NO. The number of ether oxygens (including phenoxy) is 1. The Morgan fingerprint density at radius 3 is 2.47 bits per heavy atom. The quantitative estimate of drug-likeness (QED) is 0.864. The van der Waals surface area contributed by atoms with E-state index in [2.05, 4.69) is 5.32 Å². The number of halogens is 3. The molecule has 17 heavy (non-hydrogen) atoms. The van der Waals surface area contributed by atoms with Crippen LogP contribution < -0.4 is 5.32 Å². The lowest BCUT2D eigenvalue weighted by Crippen LogP contribution is -2.21. The van der Waals surface area contributed by atoms with E-state index in [0.717, 1.165) is 12.8 Å². The summed E-state index contributed by atoms with van der Waals surface area (Å²) in [4.78, 5) is 0. The Bertz CT molecular complexity index is 366. The van der Waals surface area contributed by atoms with Gasteiger partial charge in [0, 0.05) is 31.4 Å². The lowest BCUT2D eigenvalue weighted by Gasteiger charge is -2.18. The molecule has 1 atom stereocenters. The van der Waals surface area contributed by atoms with Gasteiger partial charge in [-0.2, -0.15) is 0 Å². The number of rotatable bonds is 2. The summed E-state index contributed by atoms with van der Waals surface area (Å²) in [5.41, 5.74) is -0.252. The van der Waals surface area contributed by atoms with Crippen LogP contribution in [0.3, 0.4) is 0 Å². The molecule has 0 aromatic heterocycles. The normalized spacial score (nSPS) is 21.0. The first-order chi connectivity index (χ1) is 8.16. The Kier molecular flexibility index (Phi) is 3.89. The molecule has 94 valence electrons. The summed E-state index contributed by atoms with van der Waals surface area (Å²) in [6, 6.07) is 1.32. The van der Waals surface area contributed by atoms with Crippen molar-refractivity contribution in [3.63, 3.8) is 0 Å². The molecule has 0 saturated carbocycles. The lowest BCUT2D eigenvalue weighted by molar-refractivity contribution is 0.144. The monoisotopic (exact) mass is 245 g/mol. The van der Waals surface area contributed by atoms with Crippen molar-refractivity contribution in [3.8, 4) is 0 Å². The first kappa shape index (κ1) is 12.2. The van der Waals surface area contributed by atoms with Crippen LogP contribution in [0.2, 0.25) is 0 Å². The molecule has 1 aromatic carbocycles. The van der Waals surface area contributed by atoms with Gasteiger partial charge in [0.15, 0.2) is 11.6 Å². The van der Waals surface area contributed by atoms with E-state index in [1.165, 1.54) is 0 Å². The summed E-state index contributed by atoms with van der Waals surface area (Å²) < 4.78 is 44.8. The maximum Gasteiger partial charge on any atom is 0.152 e. The number of hydrogen-bond acceptors (Lipinski definition) is 2. The summed E-state index contributed by atoms with van der Waals surface area (Å²) in [6.07, 6.45) is 2.33. The molecule has 1 aliphatic heterocycles. The van der Waals surface area contributed by atoms with Gasteiger partial charge in [-0.25, -0.2) is 13.2 Å². The van der Waals surface area contributed by atoms with Crippen molar-refractivity contribution in [1.82, 2.24) is 0 Å². The Hall–Kier alpha value is -1.23. The Morgan fingerprint density at radius 1 is 1.06 bits per heavy atom. The van der Waals surface area contributed by atoms with E-state index in [9.17, 15) is 13.2 Å². The smallest absolute Gasteiger partial charge is 0.152 e. The van der Waals surface area contributed by atoms with Crippen molar-refractivity contribution in [3.05, 3.63) is 29.6 Å². The van der Waals surface area contributed by atoms with E-state index < -0.39 is 17.5 Å². The second-order valence-corrected chi connectivity index (χ2v) is 4.13. The van der Waals surface area contributed by atoms with Crippen LogP contribution in [0.25, 0.3) is 0 Å². The predicted octanol–water partition coefficient (Wildman–Crippen LogP) is 3.08. The molecule has 0 spiro atoms. The lowest BCUT2D eigenvalue weighted by atomic mass is 10.1. The molecule has 0 bridgehead atoms. The van der Waals surface area contributed by atoms with Crippen LogP contribution in [-0.4, -0.2) is 19.3 Å². The van der Waals surface area contributed by atoms with E-state index in [1.54, 1.807) is 0 Å². The summed E-state index contributed by atoms with van der Waals surface area (Å²) in [5, 5.41) is 2.79. The van der Waals surface area contributed by atoms with Crippen molar-refractivity contribution < 1.29 is 17.9 Å². The zero-order chi connectivity index (χ0) is 12.3. The van der Waals surface area contributed by atoms with Gasteiger partial charge in [-0.3, -0.25) is 0 Å². The molecule has 1 fully saturated rings. The van der Waals surface area contributed by atoms with Gasteiger partial charge in [-0.15, -0.1) is 0 Å². The van der Waals surface area contributed by atoms with Crippen molar-refractivity contribution >= 4 is 5.69 Å². The van der Waals surface area contributed by atoms with Gasteiger partial charge in [0.05, 0.1) is 0 Å². The fourth-order valence-electron chi connectivity index (χ4n) is 1.93. The predicted molar refractivity (Wildman–Crippen MR) is 58.4 cm³/mol. The average Bonchev–Trinajstić information content (AvgIpc) is 2.51. The molecule has 5 heteroatoms. The SMILES string of the molecule is Fc1cc(F)c(NC2CCCOCC2)c(F)c1. The highest BCUT2D eigenvalue weighted by Gasteiger charge is 2.17. The van der Waals surface area contributed by atoms with Crippen LogP contribution in [-0.2, 0) is 4.74 Å². The van der Waals surface area contributed by atoms with Crippen molar-refractivity contribution in [2.75, 3.05) is 18.5 Å². The summed E-state index contributed by atoms with van der Waals surface area (Å²) >= 11 is 0. The molecule has 1 aromatic rings. The van der Waals surface area contributed by atoms with Crippen LogP contribution in [0.5, 0.6) is 0 Å². The van der Waals surface area contributed by atoms with Gasteiger partial charge in [0.25, 0.3) is 0 Å². The topological polar surface area (TPSA) is 21.3 Å². The number of anilines is 1. The molecule has 0 amide bonds. The zero-order valence-corrected chi connectivity index (χ0v) is 9.31. The van der Waals surface area contributed by atoms with Gasteiger partial charge in [0.2, 0.25) is 0 Å². The van der Waals surface area contributed by atoms with E-state index in [0.29, 0.717) is 31.8 Å². The second kappa shape index (κ2) is 5.40. The summed E-state index contributed by atoms with van der Waals surface area (Å²) in [7, 11) is 0. The van der Waals surface area contributed by atoms with Gasteiger partial charge < -0.3 is 10.1 Å². The van der Waals surface area contributed by atoms with Crippen molar-refractivity contribution in [2.45, 2.75) is 25.3 Å². The molecule has 1 N–H and O–H groups in total. The van der Waals surface area contributed by atoms with Crippen LogP contribution in [0, 0.1) is 17.5 Å². The summed E-state index contributed by atoms with van der Waals surface area (Å²) in [6.45, 7) is 1.24. The second-order valence-electron chi connectivity index (χ2n) is 4.13. The minimum atomic E-state index is -0.908. The molecule has 2 nitrogen and oxygen atoms in total. The summed E-state index contributed by atoms with van der Waals surface area (Å²) in [5.74, 6) is -2.70. The minimum absolute atomic E-state index is 0.0352. The van der Waals surface area contributed by atoms with E-state index in [4.69, 9.17) is 4.74 Å². The number of hydrogen-bond donors (Lipinski definition) is 1. The van der Waals surface area contributed by atoms with Crippen LogP contribution in [0.1, 0.15) is 19.3 Å². The Balaban J connectivity index is 2.11. The maximum absolute atomic E-state index is 13.4. The molecule has 0 radical (unpaired) electrons. The third-order valence-electron chi connectivity index (χ3n) is 2.81. The van der Waals surface area contributed by atoms with Gasteiger partial charge >= 0.3 is 0 Å². The molecule has 1 aliphatic rings. The third kappa shape index (κ3) is 3.12. The average molecular weight is 245 g/mol.